The maximum absolute atomic E-state index is 13.2. The van der Waals surface area contributed by atoms with Gasteiger partial charge in [0.15, 0.2) is 5.13 Å². The first-order chi connectivity index (χ1) is 8.62. The Kier molecular flexibility index (Phi) is 6.83. The largest absolute Gasteiger partial charge is 0.246 e. The molecule has 0 amide bonds. The molecule has 0 saturated heterocycles. The van der Waals surface area contributed by atoms with Crippen LogP contribution >= 0.6 is 11.3 Å². The SMILES string of the molecule is CCCCCCC(C)(CCCC)c1ncc(F)s1. The zero-order valence-corrected chi connectivity index (χ0v) is 12.8. The van der Waals surface area contributed by atoms with Gasteiger partial charge in [-0.25, -0.2) is 4.98 Å². The predicted octanol–water partition coefficient (Wildman–Crippen LogP) is 5.70. The van der Waals surface area contributed by atoms with E-state index in [1.54, 1.807) is 0 Å². The van der Waals surface area contributed by atoms with Crippen molar-refractivity contribution in [2.75, 3.05) is 0 Å². The van der Waals surface area contributed by atoms with Gasteiger partial charge in [0.05, 0.1) is 6.20 Å². The molecule has 0 N–H and O–H groups in total. The number of hydrogen-bond acceptors (Lipinski definition) is 2. The van der Waals surface area contributed by atoms with Crippen molar-refractivity contribution < 1.29 is 4.39 Å². The third kappa shape index (κ3) is 4.68. The minimum Gasteiger partial charge on any atom is -0.246 e. The van der Waals surface area contributed by atoms with Gasteiger partial charge in [0, 0.05) is 5.41 Å². The zero-order chi connectivity index (χ0) is 13.4. The average molecular weight is 271 g/mol. The van der Waals surface area contributed by atoms with Crippen molar-refractivity contribution >= 4 is 11.3 Å². The number of unbranched alkanes of at least 4 members (excludes halogenated alkanes) is 4. The van der Waals surface area contributed by atoms with Crippen LogP contribution in [0.2, 0.25) is 0 Å². The molecule has 0 spiro atoms. The fraction of sp³-hybridized carbons (Fsp3) is 0.800. The minimum absolute atomic E-state index is 0.0821. The van der Waals surface area contributed by atoms with Crippen LogP contribution in [0.3, 0.4) is 0 Å². The van der Waals surface area contributed by atoms with E-state index in [9.17, 15) is 4.39 Å². The van der Waals surface area contributed by atoms with E-state index in [4.69, 9.17) is 0 Å². The summed E-state index contributed by atoms with van der Waals surface area (Å²) in [6.45, 7) is 6.69. The van der Waals surface area contributed by atoms with Crippen molar-refractivity contribution in [3.63, 3.8) is 0 Å². The van der Waals surface area contributed by atoms with Gasteiger partial charge in [-0.3, -0.25) is 0 Å². The van der Waals surface area contributed by atoms with Crippen LogP contribution in [0.1, 0.15) is 77.1 Å². The van der Waals surface area contributed by atoms with Crippen LogP contribution in [-0.4, -0.2) is 4.98 Å². The normalized spacial score (nSPS) is 14.7. The van der Waals surface area contributed by atoms with Crippen LogP contribution in [0, 0.1) is 5.13 Å². The summed E-state index contributed by atoms with van der Waals surface area (Å²) in [5.74, 6) is 0. The molecule has 1 nitrogen and oxygen atoms in total. The molecule has 1 aromatic heterocycles. The summed E-state index contributed by atoms with van der Waals surface area (Å²) in [5, 5.41) is 0.839. The number of halogens is 1. The summed E-state index contributed by atoms with van der Waals surface area (Å²) in [7, 11) is 0. The molecule has 0 bridgehead atoms. The van der Waals surface area contributed by atoms with Crippen LogP contribution in [0.15, 0.2) is 6.20 Å². The Hall–Kier alpha value is -0.440. The highest BCUT2D eigenvalue weighted by Crippen LogP contribution is 2.37. The first kappa shape index (κ1) is 15.6. The number of aromatic nitrogens is 1. The number of rotatable bonds is 9. The first-order valence-electron chi connectivity index (χ1n) is 7.24. The molecule has 104 valence electrons. The molecule has 3 heteroatoms. The highest BCUT2D eigenvalue weighted by molar-refractivity contribution is 7.10. The fourth-order valence-electron chi connectivity index (χ4n) is 2.38. The summed E-state index contributed by atoms with van der Waals surface area (Å²) >= 11 is 1.23. The lowest BCUT2D eigenvalue weighted by Gasteiger charge is -2.27. The van der Waals surface area contributed by atoms with Crippen LogP contribution in [0.4, 0.5) is 4.39 Å². The molecule has 0 aliphatic heterocycles. The first-order valence-corrected chi connectivity index (χ1v) is 8.06. The quantitative estimate of drug-likeness (QED) is 0.525. The Morgan fingerprint density at radius 3 is 2.33 bits per heavy atom. The number of thiazole rings is 1. The van der Waals surface area contributed by atoms with E-state index in [0.29, 0.717) is 0 Å². The van der Waals surface area contributed by atoms with Gasteiger partial charge in [-0.2, -0.15) is 4.39 Å². The molecule has 0 fully saturated rings. The lowest BCUT2D eigenvalue weighted by molar-refractivity contribution is 0.368. The molecule has 0 aromatic carbocycles. The highest BCUT2D eigenvalue weighted by atomic mass is 32.1. The van der Waals surface area contributed by atoms with Crippen molar-refractivity contribution in [3.8, 4) is 0 Å². The van der Waals surface area contributed by atoms with Crippen molar-refractivity contribution in [2.24, 2.45) is 0 Å². The van der Waals surface area contributed by atoms with Crippen LogP contribution < -0.4 is 0 Å². The van der Waals surface area contributed by atoms with E-state index in [0.717, 1.165) is 17.8 Å². The van der Waals surface area contributed by atoms with Crippen LogP contribution in [0.25, 0.3) is 0 Å². The molecule has 1 aromatic rings. The molecule has 1 rings (SSSR count). The smallest absolute Gasteiger partial charge is 0.196 e. The molecule has 0 saturated carbocycles. The average Bonchev–Trinajstić information content (AvgIpc) is 2.80. The summed E-state index contributed by atoms with van der Waals surface area (Å²) in [6.07, 6.45) is 11.1. The van der Waals surface area contributed by atoms with Gasteiger partial charge >= 0.3 is 0 Å². The van der Waals surface area contributed by atoms with E-state index in [-0.39, 0.29) is 10.5 Å². The van der Waals surface area contributed by atoms with Gasteiger partial charge in [0.1, 0.15) is 5.01 Å². The lowest BCUT2D eigenvalue weighted by atomic mass is 9.80. The molecular formula is C15H26FNS. The molecule has 0 aliphatic carbocycles. The Bertz CT molecular complexity index is 337. The van der Waals surface area contributed by atoms with E-state index >= 15 is 0 Å². The predicted molar refractivity (Wildman–Crippen MR) is 77.7 cm³/mol. The van der Waals surface area contributed by atoms with Crippen molar-refractivity contribution in [2.45, 2.75) is 77.6 Å². The third-order valence-electron chi connectivity index (χ3n) is 3.66. The molecular weight excluding hydrogens is 245 g/mol. The van der Waals surface area contributed by atoms with Gasteiger partial charge in [-0.15, -0.1) is 0 Å². The van der Waals surface area contributed by atoms with E-state index in [1.165, 1.54) is 56.1 Å². The maximum atomic E-state index is 13.2. The maximum Gasteiger partial charge on any atom is 0.196 e. The van der Waals surface area contributed by atoms with E-state index in [2.05, 4.69) is 25.8 Å². The number of hydrogen-bond donors (Lipinski definition) is 0. The third-order valence-corrected chi connectivity index (χ3v) is 4.75. The monoisotopic (exact) mass is 271 g/mol. The fourth-order valence-corrected chi connectivity index (χ4v) is 3.23. The summed E-state index contributed by atoms with van der Waals surface area (Å²) in [6, 6.07) is 0. The van der Waals surface area contributed by atoms with Crippen molar-refractivity contribution in [1.29, 1.82) is 0 Å². The van der Waals surface area contributed by atoms with E-state index in [1.807, 2.05) is 0 Å². The molecule has 0 radical (unpaired) electrons. The van der Waals surface area contributed by atoms with Gasteiger partial charge in [0.2, 0.25) is 0 Å². The Morgan fingerprint density at radius 2 is 1.78 bits per heavy atom. The van der Waals surface area contributed by atoms with Gasteiger partial charge in [0.25, 0.3) is 0 Å². The van der Waals surface area contributed by atoms with E-state index < -0.39 is 0 Å². The van der Waals surface area contributed by atoms with Crippen molar-refractivity contribution in [1.82, 2.24) is 4.98 Å². The van der Waals surface area contributed by atoms with Crippen molar-refractivity contribution in [3.05, 3.63) is 16.3 Å². The second-order valence-electron chi connectivity index (χ2n) is 5.44. The zero-order valence-electron chi connectivity index (χ0n) is 12.0. The lowest BCUT2D eigenvalue weighted by Crippen LogP contribution is -2.21. The summed E-state index contributed by atoms with van der Waals surface area (Å²) < 4.78 is 13.2. The summed E-state index contributed by atoms with van der Waals surface area (Å²) in [4.78, 5) is 4.28. The summed E-state index contributed by atoms with van der Waals surface area (Å²) in [5.41, 5.74) is 0.0821. The second-order valence-corrected chi connectivity index (χ2v) is 6.43. The van der Waals surface area contributed by atoms with Gasteiger partial charge in [-0.1, -0.05) is 70.6 Å². The van der Waals surface area contributed by atoms with Crippen LogP contribution in [0.5, 0.6) is 0 Å². The molecule has 1 atom stereocenters. The molecule has 0 aliphatic rings. The van der Waals surface area contributed by atoms with Gasteiger partial charge < -0.3 is 0 Å². The standard InChI is InChI=1S/C15H26FNS/c1-4-6-8-9-11-15(3,10-7-5-2)14-17-12-13(16)18-14/h12H,4-11H2,1-3H3. The molecule has 1 heterocycles. The minimum atomic E-state index is -0.152. The number of nitrogens with zero attached hydrogens (tertiary/aromatic N) is 1. The van der Waals surface area contributed by atoms with Crippen LogP contribution in [-0.2, 0) is 5.41 Å². The molecule has 1 unspecified atom stereocenters. The Balaban J connectivity index is 2.62. The Labute approximate surface area is 115 Å². The highest BCUT2D eigenvalue weighted by Gasteiger charge is 2.28. The molecule has 18 heavy (non-hydrogen) atoms. The topological polar surface area (TPSA) is 12.9 Å². The second kappa shape index (κ2) is 7.88. The Morgan fingerprint density at radius 1 is 1.11 bits per heavy atom. The van der Waals surface area contributed by atoms with Gasteiger partial charge in [-0.05, 0) is 12.8 Å².